The lowest BCUT2D eigenvalue weighted by Gasteiger charge is -2.39. The van der Waals surface area contributed by atoms with Crippen molar-refractivity contribution in [2.45, 2.75) is 63.5 Å². The van der Waals surface area contributed by atoms with Gasteiger partial charge in [0.05, 0.1) is 43.6 Å². The number of halogens is 4. The monoisotopic (exact) mass is 848 g/mol. The molecule has 6 aromatic rings. The normalized spacial score (nSPS) is 15.2. The number of ether oxygens (including phenoxy) is 2. The molecule has 0 saturated heterocycles. The Morgan fingerprint density at radius 2 is 1.65 bits per heavy atom. The molecule has 1 aliphatic heterocycles. The second-order valence-corrected chi connectivity index (χ2v) is 15.0. The number of esters is 1. The minimum absolute atomic E-state index is 0.0643. The molecule has 62 heavy (non-hydrogen) atoms. The van der Waals surface area contributed by atoms with Crippen LogP contribution in [0.4, 0.5) is 23.2 Å². The summed E-state index contributed by atoms with van der Waals surface area (Å²) < 4.78 is 73.3. The summed E-state index contributed by atoms with van der Waals surface area (Å²) in [5, 5.41) is 11.4. The van der Waals surface area contributed by atoms with Crippen LogP contribution in [0.3, 0.4) is 0 Å². The Hall–Kier alpha value is -6.73. The van der Waals surface area contributed by atoms with Crippen molar-refractivity contribution in [3.8, 4) is 17.1 Å². The summed E-state index contributed by atoms with van der Waals surface area (Å²) in [5.41, 5.74) is 1.39. The predicted octanol–water partition coefficient (Wildman–Crippen LogP) is 9.80. The molecule has 0 bridgehead atoms. The van der Waals surface area contributed by atoms with Crippen LogP contribution in [0, 0.1) is 5.82 Å². The third-order valence-electron chi connectivity index (χ3n) is 10.7. The SMILES string of the molecule is C=CCC(OC(C)=O)[C@@H]1[C@@H](N(Cc2ccc(-c3cccc(C(F)(F)F)c3)o2)C(=O)Cc2ccc(F)cc2)c2cc(OCCCO)ccc2N1C(=O)Cc1ccc2ccccc2c1. The van der Waals surface area contributed by atoms with Crippen LogP contribution in [0.15, 0.2) is 138 Å². The van der Waals surface area contributed by atoms with Gasteiger partial charge < -0.3 is 28.8 Å². The molecular weight excluding hydrogens is 805 g/mol. The van der Waals surface area contributed by atoms with Crippen molar-refractivity contribution < 1.29 is 50.9 Å². The molecule has 320 valence electrons. The van der Waals surface area contributed by atoms with E-state index in [9.17, 15) is 37.1 Å². The fourth-order valence-corrected chi connectivity index (χ4v) is 7.94. The van der Waals surface area contributed by atoms with Gasteiger partial charge in [0.15, 0.2) is 0 Å². The highest BCUT2D eigenvalue weighted by Gasteiger charge is 2.50. The molecule has 0 saturated carbocycles. The van der Waals surface area contributed by atoms with Gasteiger partial charge in [-0.05, 0) is 76.5 Å². The van der Waals surface area contributed by atoms with Gasteiger partial charge in [-0.25, -0.2) is 4.39 Å². The molecule has 3 atom stereocenters. The zero-order valence-electron chi connectivity index (χ0n) is 33.8. The van der Waals surface area contributed by atoms with Gasteiger partial charge in [-0.15, -0.1) is 6.58 Å². The average Bonchev–Trinajstić information content (AvgIpc) is 3.86. The number of alkyl halides is 3. The van der Waals surface area contributed by atoms with Crippen molar-refractivity contribution >= 4 is 34.2 Å². The Kier molecular flexibility index (Phi) is 13.2. The van der Waals surface area contributed by atoms with E-state index >= 15 is 0 Å². The van der Waals surface area contributed by atoms with Crippen LogP contribution in [0.1, 0.15) is 53.8 Å². The smallest absolute Gasteiger partial charge is 0.416 e. The van der Waals surface area contributed by atoms with Crippen LogP contribution in [0.2, 0.25) is 0 Å². The maximum Gasteiger partial charge on any atom is 0.416 e. The predicted molar refractivity (Wildman–Crippen MR) is 225 cm³/mol. The number of hydrogen-bond donors (Lipinski definition) is 1. The fraction of sp³-hybridized carbons (Fsp3) is 0.245. The van der Waals surface area contributed by atoms with E-state index in [1.807, 2.05) is 42.5 Å². The molecule has 1 N–H and O–H groups in total. The van der Waals surface area contributed by atoms with Crippen molar-refractivity contribution in [1.82, 2.24) is 4.90 Å². The van der Waals surface area contributed by atoms with E-state index < -0.39 is 47.6 Å². The largest absolute Gasteiger partial charge is 0.493 e. The Bertz CT molecular complexity index is 2570. The van der Waals surface area contributed by atoms with Crippen molar-refractivity contribution in [2.75, 3.05) is 18.1 Å². The van der Waals surface area contributed by atoms with Gasteiger partial charge in [0, 0.05) is 43.2 Å². The molecule has 7 rings (SSSR count). The summed E-state index contributed by atoms with van der Waals surface area (Å²) in [6, 6.07) is 29.7. The molecule has 0 spiro atoms. The minimum atomic E-state index is -4.60. The molecule has 1 aliphatic rings. The summed E-state index contributed by atoms with van der Waals surface area (Å²) in [4.78, 5) is 45.8. The van der Waals surface area contributed by atoms with E-state index in [1.165, 1.54) is 54.3 Å². The summed E-state index contributed by atoms with van der Waals surface area (Å²) in [6.45, 7) is 4.96. The molecular formula is C49H44F4N2O7. The lowest BCUT2D eigenvalue weighted by Crippen LogP contribution is -2.53. The maximum absolute atomic E-state index is 15.0. The number of carbonyl (C=O) groups is 3. The van der Waals surface area contributed by atoms with Gasteiger partial charge in [0.2, 0.25) is 11.8 Å². The standard InChI is InChI=1S/C49H44F4N2O7/c1-3-8-44(61-31(2)57)48-47(41-29-39(60-24-7-23-56)19-21-42(41)55(48)46(59)27-33-13-16-34-9-4-5-10-35(34)25-33)54(45(58)26-32-14-17-38(50)18-15-32)30-40-20-22-43(62-40)36-11-6-12-37(28-36)49(51,52)53/h3-6,9-22,25,28-29,44,47-48,56H,1,7-8,23-24,26-27,30H2,2H3/t44?,47-,48+/m0/s1. The molecule has 2 amide bonds. The quantitative estimate of drug-likeness (QED) is 0.0447. The Labute approximate surface area is 355 Å². The second-order valence-electron chi connectivity index (χ2n) is 15.0. The highest BCUT2D eigenvalue weighted by atomic mass is 19.4. The van der Waals surface area contributed by atoms with Crippen molar-refractivity contribution in [3.05, 3.63) is 168 Å². The number of fused-ring (bicyclic) bond motifs is 2. The summed E-state index contributed by atoms with van der Waals surface area (Å²) >= 11 is 0. The molecule has 1 unspecified atom stereocenters. The number of aliphatic hydroxyl groups is 1. The van der Waals surface area contributed by atoms with E-state index in [-0.39, 0.29) is 62.0 Å². The van der Waals surface area contributed by atoms with Crippen LogP contribution >= 0.6 is 0 Å². The van der Waals surface area contributed by atoms with Crippen molar-refractivity contribution in [2.24, 2.45) is 0 Å². The van der Waals surface area contributed by atoms with Crippen LogP contribution in [-0.4, -0.2) is 53.1 Å². The number of anilines is 1. The maximum atomic E-state index is 15.0. The molecule has 2 heterocycles. The lowest BCUT2D eigenvalue weighted by molar-refractivity contribution is -0.149. The van der Waals surface area contributed by atoms with Crippen LogP contribution in [0.5, 0.6) is 5.75 Å². The topological polar surface area (TPSA) is 110 Å². The van der Waals surface area contributed by atoms with Crippen LogP contribution in [-0.2, 0) is 44.7 Å². The van der Waals surface area contributed by atoms with Gasteiger partial charge in [0.1, 0.15) is 29.2 Å². The lowest BCUT2D eigenvalue weighted by atomic mass is 9.94. The third-order valence-corrected chi connectivity index (χ3v) is 10.7. The molecule has 0 fully saturated rings. The first-order valence-electron chi connectivity index (χ1n) is 20.1. The molecule has 0 aliphatic carbocycles. The number of benzene rings is 5. The number of hydrogen-bond acceptors (Lipinski definition) is 7. The number of carbonyl (C=O) groups excluding carboxylic acids is 3. The summed E-state index contributed by atoms with van der Waals surface area (Å²) in [5.74, 6) is -1.27. The first kappa shape index (κ1) is 43.4. The Morgan fingerprint density at radius 3 is 2.37 bits per heavy atom. The first-order valence-corrected chi connectivity index (χ1v) is 20.1. The van der Waals surface area contributed by atoms with Crippen LogP contribution < -0.4 is 9.64 Å². The number of furan rings is 1. The number of nitrogens with zero attached hydrogens (tertiary/aromatic N) is 2. The minimum Gasteiger partial charge on any atom is -0.493 e. The van der Waals surface area contributed by atoms with E-state index in [0.29, 0.717) is 29.0 Å². The van der Waals surface area contributed by atoms with Crippen LogP contribution in [0.25, 0.3) is 22.1 Å². The van der Waals surface area contributed by atoms with Gasteiger partial charge in [-0.3, -0.25) is 14.4 Å². The third kappa shape index (κ3) is 9.90. The second kappa shape index (κ2) is 18.9. The van der Waals surface area contributed by atoms with E-state index in [4.69, 9.17) is 13.9 Å². The highest BCUT2D eigenvalue weighted by molar-refractivity contribution is 5.99. The highest BCUT2D eigenvalue weighted by Crippen LogP contribution is 2.48. The summed E-state index contributed by atoms with van der Waals surface area (Å²) in [7, 11) is 0. The van der Waals surface area contributed by atoms with E-state index in [1.54, 1.807) is 35.2 Å². The average molecular weight is 849 g/mol. The molecule has 9 nitrogen and oxygen atoms in total. The zero-order chi connectivity index (χ0) is 44.0. The fourth-order valence-electron chi connectivity index (χ4n) is 7.94. The zero-order valence-corrected chi connectivity index (χ0v) is 33.8. The molecule has 0 radical (unpaired) electrons. The van der Waals surface area contributed by atoms with Gasteiger partial charge in [0.25, 0.3) is 0 Å². The number of aliphatic hydroxyl groups excluding tert-OH is 1. The van der Waals surface area contributed by atoms with Gasteiger partial charge in [-0.1, -0.05) is 72.8 Å². The molecule has 5 aromatic carbocycles. The van der Waals surface area contributed by atoms with Gasteiger partial charge >= 0.3 is 12.1 Å². The Morgan fingerprint density at radius 1 is 0.887 bits per heavy atom. The first-order chi connectivity index (χ1) is 29.8. The molecule has 13 heteroatoms. The van der Waals surface area contributed by atoms with E-state index in [0.717, 1.165) is 28.5 Å². The Balaban J connectivity index is 1.37. The van der Waals surface area contributed by atoms with Crippen molar-refractivity contribution in [3.63, 3.8) is 0 Å². The number of rotatable bonds is 16. The summed E-state index contributed by atoms with van der Waals surface area (Å²) in [6.07, 6.45) is -3.95. The van der Waals surface area contributed by atoms with Crippen molar-refractivity contribution in [1.29, 1.82) is 0 Å². The van der Waals surface area contributed by atoms with E-state index in [2.05, 4.69) is 6.58 Å². The van der Waals surface area contributed by atoms with Gasteiger partial charge in [-0.2, -0.15) is 13.2 Å². The number of amides is 2. The molecule has 1 aromatic heterocycles.